The van der Waals surface area contributed by atoms with E-state index in [1.807, 2.05) is 44.2 Å². The Hall–Kier alpha value is -2.99. The molecular formula is C34H41ClO6. The van der Waals surface area contributed by atoms with Crippen molar-refractivity contribution in [1.82, 2.24) is 0 Å². The van der Waals surface area contributed by atoms with Crippen molar-refractivity contribution in [2.45, 2.75) is 90.3 Å². The molecule has 3 aromatic rings. The number of rotatable bonds is 10. The molecule has 41 heavy (non-hydrogen) atoms. The summed E-state index contributed by atoms with van der Waals surface area (Å²) in [4.78, 5) is 25.6. The Labute approximate surface area is 247 Å². The largest absolute Gasteiger partial charge is 0.481 e. The highest BCUT2D eigenvalue weighted by atomic mass is 35.5. The van der Waals surface area contributed by atoms with Crippen LogP contribution in [0.2, 0.25) is 5.02 Å². The third-order valence-electron chi connectivity index (χ3n) is 8.82. The standard InChI is InChI=1S/C34H41ClO6/c1-22(24-11-5-3-6-12-24)40-31(36)20-38-33-27-15-9-10-16-28(27)34(30-19-26(35)17-18-29(30)33)39-21-32(37)41-23(2)25-13-7-4-8-14-25/h9-10,15-19,22-25H,3-8,11-14,20-21H2,1-2H3. The fourth-order valence-corrected chi connectivity index (χ4v) is 6.70. The zero-order valence-corrected chi connectivity index (χ0v) is 24.9. The summed E-state index contributed by atoms with van der Waals surface area (Å²) in [6.07, 6.45) is 11.4. The van der Waals surface area contributed by atoms with Crippen LogP contribution < -0.4 is 9.47 Å². The molecule has 0 saturated heterocycles. The molecule has 0 heterocycles. The van der Waals surface area contributed by atoms with E-state index in [0.717, 1.165) is 41.8 Å². The van der Waals surface area contributed by atoms with Crippen molar-refractivity contribution in [2.24, 2.45) is 11.8 Å². The van der Waals surface area contributed by atoms with Gasteiger partial charge < -0.3 is 18.9 Å². The Balaban J connectivity index is 1.34. The molecule has 0 aliphatic heterocycles. The van der Waals surface area contributed by atoms with Crippen molar-refractivity contribution < 1.29 is 28.5 Å². The molecule has 0 spiro atoms. The van der Waals surface area contributed by atoms with Crippen LogP contribution in [0, 0.1) is 11.8 Å². The van der Waals surface area contributed by atoms with Crippen LogP contribution in [0.15, 0.2) is 42.5 Å². The minimum absolute atomic E-state index is 0.130. The van der Waals surface area contributed by atoms with Gasteiger partial charge in [0.2, 0.25) is 0 Å². The van der Waals surface area contributed by atoms with Gasteiger partial charge in [0, 0.05) is 26.6 Å². The summed E-state index contributed by atoms with van der Waals surface area (Å²) in [5, 5.41) is 3.49. The zero-order chi connectivity index (χ0) is 28.8. The van der Waals surface area contributed by atoms with Gasteiger partial charge in [-0.25, -0.2) is 9.59 Å². The average molecular weight is 581 g/mol. The topological polar surface area (TPSA) is 71.1 Å². The van der Waals surface area contributed by atoms with Gasteiger partial charge in [-0.05, 0) is 69.6 Å². The van der Waals surface area contributed by atoms with Crippen LogP contribution in [0.4, 0.5) is 0 Å². The predicted octanol–water partition coefficient (Wildman–Crippen LogP) is 8.43. The fourth-order valence-electron chi connectivity index (χ4n) is 6.53. The van der Waals surface area contributed by atoms with E-state index in [0.29, 0.717) is 33.7 Å². The van der Waals surface area contributed by atoms with E-state index in [9.17, 15) is 9.59 Å². The molecule has 0 N–H and O–H groups in total. The van der Waals surface area contributed by atoms with Gasteiger partial charge in [0.05, 0.1) is 0 Å². The highest BCUT2D eigenvalue weighted by Gasteiger charge is 2.25. The first kappa shape index (κ1) is 29.5. The van der Waals surface area contributed by atoms with Gasteiger partial charge >= 0.3 is 11.9 Å². The zero-order valence-electron chi connectivity index (χ0n) is 24.2. The summed E-state index contributed by atoms with van der Waals surface area (Å²) in [6.45, 7) is 3.54. The van der Waals surface area contributed by atoms with Gasteiger partial charge in [0.25, 0.3) is 0 Å². The number of ether oxygens (including phenoxy) is 4. The molecule has 2 saturated carbocycles. The van der Waals surface area contributed by atoms with Gasteiger partial charge in [0.1, 0.15) is 23.7 Å². The Morgan fingerprint density at radius 3 is 1.61 bits per heavy atom. The Morgan fingerprint density at radius 2 is 1.12 bits per heavy atom. The van der Waals surface area contributed by atoms with Crippen LogP contribution in [0.5, 0.6) is 11.5 Å². The van der Waals surface area contributed by atoms with Crippen LogP contribution >= 0.6 is 11.6 Å². The van der Waals surface area contributed by atoms with E-state index in [1.54, 1.807) is 12.1 Å². The number of halogens is 1. The first-order valence-electron chi connectivity index (χ1n) is 15.2. The van der Waals surface area contributed by atoms with Gasteiger partial charge in [-0.15, -0.1) is 0 Å². The highest BCUT2D eigenvalue weighted by Crippen LogP contribution is 2.43. The quantitative estimate of drug-likeness (QED) is 0.177. The lowest BCUT2D eigenvalue weighted by molar-refractivity contribution is -0.154. The second-order valence-electron chi connectivity index (χ2n) is 11.7. The Bertz CT molecular complexity index is 1360. The number of fused-ring (bicyclic) bond motifs is 2. The van der Waals surface area contributed by atoms with E-state index >= 15 is 0 Å². The number of esters is 2. The maximum Gasteiger partial charge on any atom is 0.344 e. The molecule has 2 atom stereocenters. The van der Waals surface area contributed by atoms with Crippen LogP contribution in [0.1, 0.15) is 78.1 Å². The van der Waals surface area contributed by atoms with Crippen molar-refractivity contribution in [1.29, 1.82) is 0 Å². The molecule has 0 amide bonds. The second-order valence-corrected chi connectivity index (χ2v) is 12.1. The molecule has 3 aromatic carbocycles. The fraction of sp³-hybridized carbons (Fsp3) is 0.529. The van der Waals surface area contributed by atoms with Gasteiger partial charge in [-0.1, -0.05) is 74.4 Å². The lowest BCUT2D eigenvalue weighted by atomic mass is 9.86. The summed E-state index contributed by atoms with van der Waals surface area (Å²) < 4.78 is 23.8. The highest BCUT2D eigenvalue weighted by molar-refractivity contribution is 6.31. The SMILES string of the molecule is CC(OC(=O)COc1c2ccccc2c(OCC(=O)OC(C)C2CCCCC2)c2cc(Cl)ccc12)C1CCCCC1. The monoisotopic (exact) mass is 580 g/mol. The molecule has 2 aliphatic rings. The number of hydrogen-bond donors (Lipinski definition) is 0. The molecule has 6 nitrogen and oxygen atoms in total. The van der Waals surface area contributed by atoms with E-state index in [1.165, 1.54) is 38.5 Å². The molecule has 2 aliphatic carbocycles. The molecule has 0 radical (unpaired) electrons. The molecule has 0 aromatic heterocycles. The Morgan fingerprint density at radius 1 is 0.683 bits per heavy atom. The van der Waals surface area contributed by atoms with Gasteiger partial charge in [-0.2, -0.15) is 0 Å². The normalized spacial score (nSPS) is 18.1. The van der Waals surface area contributed by atoms with Crippen LogP contribution in [-0.4, -0.2) is 37.4 Å². The minimum atomic E-state index is -0.391. The maximum absolute atomic E-state index is 12.8. The molecule has 5 rings (SSSR count). The summed E-state index contributed by atoms with van der Waals surface area (Å²) in [5.41, 5.74) is 0. The maximum atomic E-state index is 12.8. The first-order chi connectivity index (χ1) is 19.9. The molecular weight excluding hydrogens is 540 g/mol. The smallest absolute Gasteiger partial charge is 0.344 e. The van der Waals surface area contributed by atoms with Crippen LogP contribution in [0.3, 0.4) is 0 Å². The lowest BCUT2D eigenvalue weighted by Crippen LogP contribution is -2.28. The minimum Gasteiger partial charge on any atom is -0.481 e. The Kier molecular flexibility index (Phi) is 9.92. The number of carbonyl (C=O) groups is 2. The number of carbonyl (C=O) groups excluding carboxylic acids is 2. The lowest BCUT2D eigenvalue weighted by Gasteiger charge is -2.27. The van der Waals surface area contributed by atoms with E-state index in [2.05, 4.69) is 0 Å². The number of hydrogen-bond acceptors (Lipinski definition) is 6. The van der Waals surface area contributed by atoms with Crippen LogP contribution in [-0.2, 0) is 19.1 Å². The summed E-state index contributed by atoms with van der Waals surface area (Å²) >= 11 is 6.41. The average Bonchev–Trinajstić information content (AvgIpc) is 2.99. The van der Waals surface area contributed by atoms with Gasteiger partial charge in [-0.3, -0.25) is 0 Å². The summed E-state index contributed by atoms with van der Waals surface area (Å²) in [5.74, 6) is 1.12. The second kappa shape index (κ2) is 13.8. The third kappa shape index (κ3) is 7.27. The molecule has 2 fully saturated rings. The third-order valence-corrected chi connectivity index (χ3v) is 9.05. The van der Waals surface area contributed by atoms with Gasteiger partial charge in [0.15, 0.2) is 13.2 Å². The van der Waals surface area contributed by atoms with E-state index < -0.39 is 5.97 Å². The van der Waals surface area contributed by atoms with Crippen molar-refractivity contribution in [3.63, 3.8) is 0 Å². The van der Waals surface area contributed by atoms with Crippen molar-refractivity contribution >= 4 is 45.1 Å². The van der Waals surface area contributed by atoms with Crippen molar-refractivity contribution in [3.8, 4) is 11.5 Å². The van der Waals surface area contributed by atoms with E-state index in [-0.39, 0.29) is 31.4 Å². The molecule has 220 valence electrons. The molecule has 0 bridgehead atoms. The van der Waals surface area contributed by atoms with E-state index in [4.69, 9.17) is 30.5 Å². The molecule has 2 unspecified atom stereocenters. The molecule has 7 heteroatoms. The summed E-state index contributed by atoms with van der Waals surface area (Å²) in [7, 11) is 0. The summed E-state index contributed by atoms with van der Waals surface area (Å²) in [6, 6.07) is 13.1. The van der Waals surface area contributed by atoms with Crippen molar-refractivity contribution in [2.75, 3.05) is 13.2 Å². The van der Waals surface area contributed by atoms with Crippen LogP contribution in [0.25, 0.3) is 21.5 Å². The van der Waals surface area contributed by atoms with Crippen molar-refractivity contribution in [3.05, 3.63) is 47.5 Å². The number of benzene rings is 3. The first-order valence-corrected chi connectivity index (χ1v) is 15.6. The predicted molar refractivity (Wildman–Crippen MR) is 162 cm³/mol.